The van der Waals surface area contributed by atoms with Crippen molar-refractivity contribution >= 4 is 22.7 Å². The van der Waals surface area contributed by atoms with Gasteiger partial charge in [-0.3, -0.25) is 9.58 Å². The van der Waals surface area contributed by atoms with Crippen molar-refractivity contribution in [2.24, 2.45) is 5.92 Å². The fraction of sp³-hybridized carbons (Fsp3) is 0.583. The van der Waals surface area contributed by atoms with Crippen LogP contribution in [0.5, 0.6) is 0 Å². The number of rotatable bonds is 2. The summed E-state index contributed by atoms with van der Waals surface area (Å²) in [6, 6.07) is 6.73. The number of benzene rings is 1. The van der Waals surface area contributed by atoms with Gasteiger partial charge >= 0.3 is 6.09 Å². The van der Waals surface area contributed by atoms with Crippen LogP contribution in [0, 0.1) is 5.92 Å². The number of hydrogen-bond donors (Lipinski definition) is 0. The number of piperidine rings is 1. The molecule has 0 aliphatic carbocycles. The summed E-state index contributed by atoms with van der Waals surface area (Å²) in [7, 11) is 2.18. The molecule has 1 aromatic heterocycles. The van der Waals surface area contributed by atoms with Gasteiger partial charge in [0.25, 0.3) is 0 Å². The summed E-state index contributed by atoms with van der Waals surface area (Å²) in [4.78, 5) is 17.1. The molecule has 30 heavy (non-hydrogen) atoms. The lowest BCUT2D eigenvalue weighted by Crippen LogP contribution is -2.39. The lowest BCUT2D eigenvalue weighted by Gasteiger charge is -2.33. The molecule has 2 aromatic rings. The Bertz CT molecular complexity index is 956. The van der Waals surface area contributed by atoms with E-state index >= 15 is 0 Å². The number of likely N-dealkylation sites (tertiary alicyclic amines) is 1. The van der Waals surface area contributed by atoms with Crippen molar-refractivity contribution in [1.29, 1.82) is 0 Å². The van der Waals surface area contributed by atoms with Crippen molar-refractivity contribution in [1.82, 2.24) is 19.6 Å². The minimum Gasteiger partial charge on any atom is -0.443 e. The molecule has 0 spiro atoms. The number of likely N-dealkylation sites (N-methyl/N-ethyl adjacent to an activating group) is 1. The highest BCUT2D eigenvalue weighted by Crippen LogP contribution is 2.31. The summed E-state index contributed by atoms with van der Waals surface area (Å²) in [5.41, 5.74) is 2.47. The lowest BCUT2D eigenvalue weighted by molar-refractivity contribution is 0.0327. The Kier molecular flexibility index (Phi) is 5.62. The average Bonchev–Trinajstić information content (AvgIpc) is 3.10. The molecular weight excluding hydrogens is 376 g/mol. The van der Waals surface area contributed by atoms with Gasteiger partial charge in [-0.25, -0.2) is 4.79 Å². The van der Waals surface area contributed by atoms with Crippen LogP contribution >= 0.6 is 0 Å². The van der Waals surface area contributed by atoms with Crippen molar-refractivity contribution in [2.45, 2.75) is 58.6 Å². The van der Waals surface area contributed by atoms with E-state index in [1.807, 2.05) is 20.8 Å². The molecule has 6 heteroatoms. The van der Waals surface area contributed by atoms with E-state index in [9.17, 15) is 4.79 Å². The Labute approximate surface area is 179 Å². The second-order valence-corrected chi connectivity index (χ2v) is 9.96. The highest BCUT2D eigenvalue weighted by atomic mass is 16.6. The van der Waals surface area contributed by atoms with E-state index in [2.05, 4.69) is 54.0 Å². The molecule has 0 saturated carbocycles. The van der Waals surface area contributed by atoms with E-state index in [4.69, 9.17) is 9.84 Å². The van der Waals surface area contributed by atoms with Gasteiger partial charge in [0, 0.05) is 24.7 Å². The predicted molar refractivity (Wildman–Crippen MR) is 120 cm³/mol. The van der Waals surface area contributed by atoms with Crippen molar-refractivity contribution in [2.75, 3.05) is 26.7 Å². The third kappa shape index (κ3) is 4.53. The molecular formula is C24H34N4O2. The zero-order valence-corrected chi connectivity index (χ0v) is 18.9. The monoisotopic (exact) mass is 410 g/mol. The molecule has 4 rings (SSSR count). The van der Waals surface area contributed by atoms with Gasteiger partial charge in [-0.2, -0.15) is 5.10 Å². The minimum absolute atomic E-state index is 0.277. The summed E-state index contributed by atoms with van der Waals surface area (Å²) < 4.78 is 7.82. The molecule has 0 bridgehead atoms. The Morgan fingerprint density at radius 2 is 2.03 bits per heavy atom. The molecule has 3 heterocycles. The van der Waals surface area contributed by atoms with Crippen molar-refractivity contribution in [3.63, 3.8) is 0 Å². The van der Waals surface area contributed by atoms with E-state index in [-0.39, 0.29) is 6.09 Å². The molecule has 1 amide bonds. The number of fused-ring (bicyclic) bond motifs is 1. The van der Waals surface area contributed by atoms with Crippen LogP contribution in [-0.4, -0.2) is 58.0 Å². The molecule has 0 unspecified atom stereocenters. The first-order valence-electron chi connectivity index (χ1n) is 11.1. The molecule has 0 radical (unpaired) electrons. The lowest BCUT2D eigenvalue weighted by atomic mass is 9.98. The largest absolute Gasteiger partial charge is 0.443 e. The van der Waals surface area contributed by atoms with Crippen LogP contribution in [0.25, 0.3) is 16.6 Å². The summed E-state index contributed by atoms with van der Waals surface area (Å²) >= 11 is 0. The van der Waals surface area contributed by atoms with Crippen molar-refractivity contribution in [3.05, 3.63) is 36.0 Å². The molecule has 6 nitrogen and oxygen atoms in total. The van der Waals surface area contributed by atoms with Gasteiger partial charge in [0.1, 0.15) is 5.60 Å². The van der Waals surface area contributed by atoms with Crippen LogP contribution in [0.15, 0.2) is 30.5 Å². The van der Waals surface area contributed by atoms with Crippen LogP contribution in [0.4, 0.5) is 4.79 Å². The Hall–Kier alpha value is -2.34. The highest BCUT2D eigenvalue weighted by molar-refractivity contribution is 5.87. The van der Waals surface area contributed by atoms with Crippen LogP contribution in [0.3, 0.4) is 0 Å². The Morgan fingerprint density at radius 1 is 1.23 bits per heavy atom. The standard InChI is InChI=1S/C24H34N4O2/c1-17-8-11-22(27(14-17)23(29)30-24(2,3)4)18-9-10-21-19(13-18)15-28(25-21)20-7-6-12-26(5)16-20/h9-11,13,15,17,20H,6-8,12,14,16H2,1-5H3/t17-,20+/m0/s1. The molecule has 1 fully saturated rings. The second kappa shape index (κ2) is 8.06. The Balaban J connectivity index is 1.63. The fourth-order valence-corrected chi connectivity index (χ4v) is 4.42. The maximum absolute atomic E-state index is 12.9. The highest BCUT2D eigenvalue weighted by Gasteiger charge is 2.29. The zero-order chi connectivity index (χ0) is 21.5. The molecule has 1 saturated heterocycles. The molecule has 162 valence electrons. The molecule has 2 aliphatic heterocycles. The molecule has 0 N–H and O–H groups in total. The third-order valence-electron chi connectivity index (χ3n) is 5.90. The van der Waals surface area contributed by atoms with E-state index in [1.165, 1.54) is 12.8 Å². The van der Waals surface area contributed by atoms with E-state index < -0.39 is 5.60 Å². The second-order valence-electron chi connectivity index (χ2n) is 9.96. The third-order valence-corrected chi connectivity index (χ3v) is 5.90. The van der Waals surface area contributed by atoms with E-state index in [0.29, 0.717) is 18.5 Å². The maximum Gasteiger partial charge on any atom is 0.414 e. The van der Waals surface area contributed by atoms with Crippen LogP contribution in [0.1, 0.15) is 58.6 Å². The van der Waals surface area contributed by atoms with Gasteiger partial charge < -0.3 is 9.64 Å². The number of aromatic nitrogens is 2. The summed E-state index contributed by atoms with van der Waals surface area (Å²) in [6.07, 6.45) is 7.38. The van der Waals surface area contributed by atoms with Gasteiger partial charge in [0.2, 0.25) is 0 Å². The minimum atomic E-state index is -0.513. The first-order chi connectivity index (χ1) is 14.2. The number of allylic oxidation sites excluding steroid dienone is 1. The number of nitrogens with zero attached hydrogens (tertiary/aromatic N) is 4. The van der Waals surface area contributed by atoms with Gasteiger partial charge in [0.05, 0.1) is 17.3 Å². The molecule has 2 aliphatic rings. The fourth-order valence-electron chi connectivity index (χ4n) is 4.42. The summed E-state index contributed by atoms with van der Waals surface area (Å²) in [6.45, 7) is 10.8. The number of hydrogen-bond acceptors (Lipinski definition) is 4. The first-order valence-corrected chi connectivity index (χ1v) is 11.1. The summed E-state index contributed by atoms with van der Waals surface area (Å²) in [5.74, 6) is 0.413. The quantitative estimate of drug-likeness (QED) is 0.705. The topological polar surface area (TPSA) is 50.6 Å². The zero-order valence-electron chi connectivity index (χ0n) is 18.9. The van der Waals surface area contributed by atoms with E-state index in [1.54, 1.807) is 4.90 Å². The molecule has 1 aromatic carbocycles. The van der Waals surface area contributed by atoms with Crippen LogP contribution in [-0.2, 0) is 4.74 Å². The van der Waals surface area contributed by atoms with Gasteiger partial charge in [0.15, 0.2) is 0 Å². The maximum atomic E-state index is 12.9. The number of ether oxygens (including phenoxy) is 1. The SMILES string of the molecule is C[C@H]1CC=C(c2ccc3nn([C@@H]4CCCN(C)C4)cc3c2)N(C(=O)OC(C)(C)C)C1. The van der Waals surface area contributed by atoms with Gasteiger partial charge in [-0.15, -0.1) is 0 Å². The van der Waals surface area contributed by atoms with Gasteiger partial charge in [-0.05, 0) is 77.2 Å². The molecule has 2 atom stereocenters. The number of amides is 1. The van der Waals surface area contributed by atoms with Crippen molar-refractivity contribution in [3.8, 4) is 0 Å². The Morgan fingerprint density at radius 3 is 2.77 bits per heavy atom. The normalized spacial score (nSPS) is 23.5. The van der Waals surface area contributed by atoms with E-state index in [0.717, 1.165) is 41.7 Å². The van der Waals surface area contributed by atoms with Crippen molar-refractivity contribution < 1.29 is 9.53 Å². The first kappa shape index (κ1) is 20.9. The van der Waals surface area contributed by atoms with Crippen LogP contribution in [0.2, 0.25) is 0 Å². The smallest absolute Gasteiger partial charge is 0.414 e. The summed E-state index contributed by atoms with van der Waals surface area (Å²) in [5, 5.41) is 5.95. The average molecular weight is 411 g/mol. The van der Waals surface area contributed by atoms with Gasteiger partial charge in [-0.1, -0.05) is 19.1 Å². The number of carbonyl (C=O) groups is 1. The van der Waals surface area contributed by atoms with Crippen LogP contribution < -0.4 is 0 Å². The number of carbonyl (C=O) groups excluding carboxylic acids is 1. The predicted octanol–water partition coefficient (Wildman–Crippen LogP) is 4.92.